The van der Waals surface area contributed by atoms with E-state index in [1.165, 1.54) is 0 Å². The molecule has 1 amide bonds. The molecular formula is C11H19NO3S. The van der Waals surface area contributed by atoms with Gasteiger partial charge in [0.1, 0.15) is 6.61 Å². The average Bonchev–Trinajstić information content (AvgIpc) is 2.68. The summed E-state index contributed by atoms with van der Waals surface area (Å²) in [5.41, 5.74) is 0. The number of rotatable bonds is 4. The van der Waals surface area contributed by atoms with Crippen LogP contribution in [0.15, 0.2) is 0 Å². The normalized spacial score (nSPS) is 27.1. The van der Waals surface area contributed by atoms with Crippen molar-refractivity contribution >= 4 is 17.7 Å². The van der Waals surface area contributed by atoms with Crippen molar-refractivity contribution < 1.29 is 14.3 Å². The number of carbonyl (C=O) groups is 1. The summed E-state index contributed by atoms with van der Waals surface area (Å²) >= 11 is 1.95. The number of nitrogens with zero attached hydrogens (tertiary/aromatic N) is 1. The fourth-order valence-corrected chi connectivity index (χ4v) is 3.87. The highest BCUT2D eigenvalue weighted by Crippen LogP contribution is 2.45. The Morgan fingerprint density at radius 1 is 1.56 bits per heavy atom. The van der Waals surface area contributed by atoms with E-state index in [4.69, 9.17) is 9.47 Å². The molecule has 16 heavy (non-hydrogen) atoms. The molecule has 2 heterocycles. The fraction of sp³-hybridized carbons (Fsp3) is 0.909. The minimum Gasteiger partial charge on any atom is -0.381 e. The molecule has 2 aliphatic heterocycles. The molecule has 0 bridgehead atoms. The van der Waals surface area contributed by atoms with Crippen molar-refractivity contribution in [1.29, 1.82) is 0 Å². The lowest BCUT2D eigenvalue weighted by Gasteiger charge is -2.47. The summed E-state index contributed by atoms with van der Waals surface area (Å²) in [7, 11) is 1.76. The predicted molar refractivity (Wildman–Crippen MR) is 63.7 cm³/mol. The summed E-state index contributed by atoms with van der Waals surface area (Å²) in [6.07, 6.45) is 1.45. The fourth-order valence-electron chi connectivity index (χ4n) is 2.28. The Balaban J connectivity index is 1.75. The molecule has 0 aliphatic carbocycles. The number of thioether (sulfide) groups is 1. The maximum Gasteiger partial charge on any atom is 0.248 e. The van der Waals surface area contributed by atoms with Crippen LogP contribution in [-0.4, -0.2) is 60.8 Å². The molecule has 1 atom stereocenters. The van der Waals surface area contributed by atoms with Gasteiger partial charge < -0.3 is 14.4 Å². The average molecular weight is 245 g/mol. The number of likely N-dealkylation sites (tertiary alicyclic amines) is 1. The topological polar surface area (TPSA) is 38.8 Å². The molecule has 0 unspecified atom stereocenters. The SMILES string of the molecule is CCOCC(=O)N1CC2(C[C@@H](OC)CS2)C1. The van der Waals surface area contributed by atoms with Crippen molar-refractivity contribution in [2.75, 3.05) is 39.2 Å². The minimum atomic E-state index is 0.119. The predicted octanol–water partition coefficient (Wildman–Crippen LogP) is 0.756. The molecule has 0 aromatic heterocycles. The van der Waals surface area contributed by atoms with E-state index in [2.05, 4.69) is 0 Å². The maximum atomic E-state index is 11.6. The van der Waals surface area contributed by atoms with Gasteiger partial charge in [0.2, 0.25) is 5.91 Å². The Hall–Kier alpha value is -0.260. The van der Waals surface area contributed by atoms with Gasteiger partial charge in [0.05, 0.1) is 10.9 Å². The summed E-state index contributed by atoms with van der Waals surface area (Å²) in [6, 6.07) is 0. The van der Waals surface area contributed by atoms with E-state index in [0.29, 0.717) is 12.7 Å². The summed E-state index contributed by atoms with van der Waals surface area (Å²) in [6.45, 7) is 4.46. The van der Waals surface area contributed by atoms with Gasteiger partial charge in [-0.3, -0.25) is 4.79 Å². The van der Waals surface area contributed by atoms with E-state index in [9.17, 15) is 4.79 Å². The molecule has 92 valence electrons. The molecule has 0 saturated carbocycles. The summed E-state index contributed by atoms with van der Waals surface area (Å²) in [5, 5.41) is 0. The molecule has 5 heteroatoms. The molecule has 2 rings (SSSR count). The Bertz CT molecular complexity index is 266. The van der Waals surface area contributed by atoms with Gasteiger partial charge in [-0.25, -0.2) is 0 Å². The second-order valence-electron chi connectivity index (χ2n) is 4.44. The second kappa shape index (κ2) is 4.94. The Morgan fingerprint density at radius 2 is 2.31 bits per heavy atom. The lowest BCUT2D eigenvalue weighted by atomic mass is 9.93. The molecule has 2 saturated heterocycles. The van der Waals surface area contributed by atoms with E-state index in [1.54, 1.807) is 7.11 Å². The van der Waals surface area contributed by atoms with Crippen molar-refractivity contribution in [2.24, 2.45) is 0 Å². The number of carbonyl (C=O) groups excluding carboxylic acids is 1. The third-order valence-corrected chi connectivity index (χ3v) is 4.82. The maximum absolute atomic E-state index is 11.6. The highest BCUT2D eigenvalue weighted by atomic mass is 32.2. The molecule has 0 N–H and O–H groups in total. The number of hydrogen-bond acceptors (Lipinski definition) is 4. The molecule has 1 spiro atoms. The highest BCUT2D eigenvalue weighted by Gasteiger charge is 2.50. The molecule has 2 fully saturated rings. The van der Waals surface area contributed by atoms with Gasteiger partial charge in [-0.15, -0.1) is 11.8 Å². The lowest BCUT2D eigenvalue weighted by Crippen LogP contribution is -2.61. The first-order valence-corrected chi connectivity index (χ1v) is 6.70. The van der Waals surface area contributed by atoms with E-state index in [1.807, 2.05) is 23.6 Å². The number of methoxy groups -OCH3 is 1. The molecule has 0 aromatic carbocycles. The second-order valence-corrected chi connectivity index (χ2v) is 5.93. The zero-order valence-corrected chi connectivity index (χ0v) is 10.7. The van der Waals surface area contributed by atoms with Gasteiger partial charge in [-0.2, -0.15) is 0 Å². The standard InChI is InChI=1S/C11H19NO3S/c1-3-15-5-10(13)12-7-11(8-12)4-9(14-2)6-16-11/h9H,3-8H2,1-2H3/t9-/m1/s1. The van der Waals surface area contributed by atoms with Crippen molar-refractivity contribution in [3.63, 3.8) is 0 Å². The largest absolute Gasteiger partial charge is 0.381 e. The van der Waals surface area contributed by atoms with Crippen LogP contribution in [0.4, 0.5) is 0 Å². The Labute approximate surface area is 101 Å². The molecule has 4 nitrogen and oxygen atoms in total. The monoisotopic (exact) mass is 245 g/mol. The van der Waals surface area contributed by atoms with Crippen LogP contribution < -0.4 is 0 Å². The van der Waals surface area contributed by atoms with Crippen LogP contribution in [0.25, 0.3) is 0 Å². The van der Waals surface area contributed by atoms with E-state index in [-0.39, 0.29) is 17.3 Å². The molecule has 2 aliphatic rings. The summed E-state index contributed by atoms with van der Waals surface area (Å²) < 4.78 is 10.8. The van der Waals surface area contributed by atoms with E-state index >= 15 is 0 Å². The van der Waals surface area contributed by atoms with Gasteiger partial charge in [0.15, 0.2) is 0 Å². The van der Waals surface area contributed by atoms with Crippen LogP contribution >= 0.6 is 11.8 Å². The van der Waals surface area contributed by atoms with E-state index in [0.717, 1.165) is 25.3 Å². The van der Waals surface area contributed by atoms with Gasteiger partial charge in [0, 0.05) is 32.6 Å². The summed E-state index contributed by atoms with van der Waals surface area (Å²) in [4.78, 5) is 13.5. The minimum absolute atomic E-state index is 0.119. The van der Waals surface area contributed by atoms with Crippen LogP contribution in [0.3, 0.4) is 0 Å². The number of amides is 1. The van der Waals surface area contributed by atoms with Crippen molar-refractivity contribution in [3.05, 3.63) is 0 Å². The van der Waals surface area contributed by atoms with Gasteiger partial charge >= 0.3 is 0 Å². The van der Waals surface area contributed by atoms with Gasteiger partial charge in [-0.05, 0) is 13.3 Å². The quantitative estimate of drug-likeness (QED) is 0.733. The highest BCUT2D eigenvalue weighted by molar-refractivity contribution is 8.01. The third kappa shape index (κ3) is 2.36. The Kier molecular flexibility index (Phi) is 3.77. The van der Waals surface area contributed by atoms with Crippen LogP contribution in [0.2, 0.25) is 0 Å². The zero-order chi connectivity index (χ0) is 11.6. The summed E-state index contributed by atoms with van der Waals surface area (Å²) in [5.74, 6) is 1.18. The first kappa shape index (κ1) is 12.2. The first-order valence-electron chi connectivity index (χ1n) is 5.71. The zero-order valence-electron chi connectivity index (χ0n) is 9.90. The van der Waals surface area contributed by atoms with Crippen LogP contribution in [-0.2, 0) is 14.3 Å². The Morgan fingerprint density at radius 3 is 2.88 bits per heavy atom. The number of ether oxygens (including phenoxy) is 2. The van der Waals surface area contributed by atoms with Crippen LogP contribution in [0.1, 0.15) is 13.3 Å². The van der Waals surface area contributed by atoms with E-state index < -0.39 is 0 Å². The third-order valence-electron chi connectivity index (χ3n) is 3.25. The van der Waals surface area contributed by atoms with Crippen molar-refractivity contribution in [1.82, 2.24) is 4.90 Å². The van der Waals surface area contributed by atoms with Crippen LogP contribution in [0, 0.1) is 0 Å². The smallest absolute Gasteiger partial charge is 0.248 e. The first-order chi connectivity index (χ1) is 7.69. The number of hydrogen-bond donors (Lipinski definition) is 0. The van der Waals surface area contributed by atoms with Crippen molar-refractivity contribution in [3.8, 4) is 0 Å². The van der Waals surface area contributed by atoms with Gasteiger partial charge in [-0.1, -0.05) is 0 Å². The van der Waals surface area contributed by atoms with Crippen LogP contribution in [0.5, 0.6) is 0 Å². The van der Waals surface area contributed by atoms with Gasteiger partial charge in [0.25, 0.3) is 0 Å². The molecule has 0 aromatic rings. The molecular weight excluding hydrogens is 226 g/mol. The lowest BCUT2D eigenvalue weighted by molar-refractivity contribution is -0.141. The molecule has 0 radical (unpaired) electrons. The van der Waals surface area contributed by atoms with Crippen molar-refractivity contribution in [2.45, 2.75) is 24.2 Å².